The van der Waals surface area contributed by atoms with Gasteiger partial charge < -0.3 is 9.64 Å². The Balaban J connectivity index is 1.63. The first-order chi connectivity index (χ1) is 17.0. The lowest BCUT2D eigenvalue weighted by atomic mass is 9.97. The maximum absolute atomic E-state index is 13.6. The fraction of sp³-hybridized carbons (Fsp3) is 0.320. The van der Waals surface area contributed by atoms with Crippen molar-refractivity contribution in [1.82, 2.24) is 14.5 Å². The van der Waals surface area contributed by atoms with E-state index in [2.05, 4.69) is 9.72 Å². The number of amides is 1. The molecule has 11 heteroatoms. The van der Waals surface area contributed by atoms with Crippen molar-refractivity contribution in [2.24, 2.45) is 0 Å². The number of carbonyl (C=O) groups excluding carboxylic acids is 1. The van der Waals surface area contributed by atoms with E-state index < -0.39 is 30.8 Å². The van der Waals surface area contributed by atoms with E-state index in [1.54, 1.807) is 11.5 Å². The quantitative estimate of drug-likeness (QED) is 0.462. The van der Waals surface area contributed by atoms with Crippen molar-refractivity contribution in [2.75, 3.05) is 13.2 Å². The summed E-state index contributed by atoms with van der Waals surface area (Å²) < 4.78 is 69.1. The van der Waals surface area contributed by atoms with Crippen LogP contribution in [0, 0.1) is 6.92 Å². The first kappa shape index (κ1) is 25.3. The highest BCUT2D eigenvalue weighted by Crippen LogP contribution is 2.35. The highest BCUT2D eigenvalue weighted by atomic mass is 19.4. The summed E-state index contributed by atoms with van der Waals surface area (Å²) >= 11 is 0. The standard InChI is InChI=1S/C25H22F5N3O3/c1-16-31-20-14-32(23(35)36-15-24(26,27)25(28,29)30)13-12-19(20)22(34)33(16)21(17-8-4-2-5-9-17)18-10-6-3-7-11-18/h2-11,21H,12-15H2,1H3. The molecule has 0 fully saturated rings. The average molecular weight is 507 g/mol. The number of hydrogen-bond donors (Lipinski definition) is 0. The molecular weight excluding hydrogens is 485 g/mol. The van der Waals surface area contributed by atoms with Crippen LogP contribution in [-0.4, -0.2) is 45.8 Å². The molecule has 1 aromatic heterocycles. The molecule has 36 heavy (non-hydrogen) atoms. The molecule has 0 radical (unpaired) electrons. The molecule has 6 nitrogen and oxygen atoms in total. The van der Waals surface area contributed by atoms with Crippen LogP contribution in [0.3, 0.4) is 0 Å². The Morgan fingerprint density at radius 3 is 2.08 bits per heavy atom. The largest absolute Gasteiger partial charge is 0.456 e. The number of carbonyl (C=O) groups is 1. The summed E-state index contributed by atoms with van der Waals surface area (Å²) in [4.78, 5) is 31.3. The lowest BCUT2D eigenvalue weighted by Crippen LogP contribution is -2.45. The zero-order chi connectivity index (χ0) is 26.1. The van der Waals surface area contributed by atoms with Gasteiger partial charge in [-0.1, -0.05) is 60.7 Å². The zero-order valence-electron chi connectivity index (χ0n) is 19.1. The molecular formula is C25H22F5N3O3. The summed E-state index contributed by atoms with van der Waals surface area (Å²) in [5, 5.41) is 0. The molecule has 1 aliphatic heterocycles. The van der Waals surface area contributed by atoms with Crippen LogP contribution in [0.15, 0.2) is 65.5 Å². The number of fused-ring (bicyclic) bond motifs is 1. The van der Waals surface area contributed by atoms with Crippen LogP contribution in [-0.2, 0) is 17.7 Å². The number of ether oxygens (including phenoxy) is 1. The number of alkyl halides is 5. The van der Waals surface area contributed by atoms with E-state index in [-0.39, 0.29) is 30.8 Å². The predicted octanol–water partition coefficient (Wildman–Crippen LogP) is 4.88. The van der Waals surface area contributed by atoms with Gasteiger partial charge in [0.1, 0.15) is 5.82 Å². The topological polar surface area (TPSA) is 64.4 Å². The molecule has 0 saturated carbocycles. The molecule has 4 rings (SSSR count). The van der Waals surface area contributed by atoms with Crippen molar-refractivity contribution in [1.29, 1.82) is 0 Å². The van der Waals surface area contributed by atoms with E-state index in [9.17, 15) is 31.5 Å². The minimum Gasteiger partial charge on any atom is -0.443 e. The molecule has 0 atom stereocenters. The Hall–Kier alpha value is -3.76. The molecule has 0 saturated heterocycles. The SMILES string of the molecule is Cc1nc2c(c(=O)n1C(c1ccccc1)c1ccccc1)CCN(C(=O)OCC(F)(F)C(F)(F)F)C2. The van der Waals surface area contributed by atoms with Crippen LogP contribution in [0.25, 0.3) is 0 Å². The molecule has 1 amide bonds. The number of aryl methyl sites for hydroxylation is 1. The highest BCUT2D eigenvalue weighted by molar-refractivity contribution is 5.68. The van der Waals surface area contributed by atoms with Crippen molar-refractivity contribution in [3.63, 3.8) is 0 Å². The van der Waals surface area contributed by atoms with Gasteiger partial charge in [-0.15, -0.1) is 0 Å². The van der Waals surface area contributed by atoms with Crippen molar-refractivity contribution in [3.05, 3.63) is 99.2 Å². The second-order valence-corrected chi connectivity index (χ2v) is 8.41. The third-order valence-corrected chi connectivity index (χ3v) is 5.98. The molecule has 0 unspecified atom stereocenters. The fourth-order valence-corrected chi connectivity index (χ4v) is 4.17. The van der Waals surface area contributed by atoms with Gasteiger partial charge in [-0.25, -0.2) is 9.78 Å². The summed E-state index contributed by atoms with van der Waals surface area (Å²) in [7, 11) is 0. The third kappa shape index (κ3) is 4.95. The first-order valence-electron chi connectivity index (χ1n) is 11.1. The van der Waals surface area contributed by atoms with Gasteiger partial charge >= 0.3 is 18.2 Å². The monoisotopic (exact) mass is 507 g/mol. The number of hydrogen-bond acceptors (Lipinski definition) is 4. The van der Waals surface area contributed by atoms with Crippen molar-refractivity contribution >= 4 is 6.09 Å². The van der Waals surface area contributed by atoms with Gasteiger partial charge in [-0.05, 0) is 24.5 Å². The maximum Gasteiger partial charge on any atom is 0.456 e. The molecule has 190 valence electrons. The smallest absolute Gasteiger partial charge is 0.443 e. The summed E-state index contributed by atoms with van der Waals surface area (Å²) in [6.45, 7) is -0.820. The lowest BCUT2D eigenvalue weighted by Gasteiger charge is -2.30. The molecule has 0 bridgehead atoms. The summed E-state index contributed by atoms with van der Waals surface area (Å²) in [5.41, 5.74) is 2.01. The number of nitrogens with zero attached hydrogens (tertiary/aromatic N) is 3. The van der Waals surface area contributed by atoms with E-state index in [1.165, 1.54) is 0 Å². The van der Waals surface area contributed by atoms with E-state index in [1.807, 2.05) is 60.7 Å². The first-order valence-corrected chi connectivity index (χ1v) is 11.1. The minimum atomic E-state index is -5.83. The average Bonchev–Trinajstić information content (AvgIpc) is 2.85. The Kier molecular flexibility index (Phi) is 6.83. The second kappa shape index (κ2) is 9.71. The molecule has 0 N–H and O–H groups in total. The summed E-state index contributed by atoms with van der Waals surface area (Å²) in [5.74, 6) is -4.81. The van der Waals surface area contributed by atoms with Gasteiger partial charge in [0.05, 0.1) is 18.3 Å². The maximum atomic E-state index is 13.6. The van der Waals surface area contributed by atoms with Crippen LogP contribution < -0.4 is 5.56 Å². The zero-order valence-corrected chi connectivity index (χ0v) is 19.1. The Morgan fingerprint density at radius 2 is 1.56 bits per heavy atom. The van der Waals surface area contributed by atoms with Crippen LogP contribution in [0.1, 0.15) is 34.3 Å². The van der Waals surface area contributed by atoms with Gasteiger partial charge in [0.2, 0.25) is 0 Å². The van der Waals surface area contributed by atoms with Crippen LogP contribution in [0.2, 0.25) is 0 Å². The minimum absolute atomic E-state index is 0.0442. The molecule has 1 aliphatic rings. The predicted molar refractivity (Wildman–Crippen MR) is 120 cm³/mol. The Labute approximate surface area is 202 Å². The summed E-state index contributed by atoms with van der Waals surface area (Å²) in [6, 6.07) is 18.3. The van der Waals surface area contributed by atoms with E-state index in [4.69, 9.17) is 0 Å². The molecule has 2 heterocycles. The van der Waals surface area contributed by atoms with E-state index in [0.717, 1.165) is 16.0 Å². The second-order valence-electron chi connectivity index (χ2n) is 8.41. The molecule has 0 spiro atoms. The molecule has 3 aromatic rings. The van der Waals surface area contributed by atoms with Crippen LogP contribution in [0.4, 0.5) is 26.7 Å². The van der Waals surface area contributed by atoms with Crippen LogP contribution in [0.5, 0.6) is 0 Å². The number of aromatic nitrogens is 2. The number of benzene rings is 2. The van der Waals surface area contributed by atoms with Gasteiger partial charge in [0.25, 0.3) is 5.56 Å². The number of rotatable bonds is 5. The van der Waals surface area contributed by atoms with Crippen molar-refractivity contribution in [2.45, 2.75) is 38.0 Å². The fourth-order valence-electron chi connectivity index (χ4n) is 4.17. The van der Waals surface area contributed by atoms with Crippen molar-refractivity contribution in [3.8, 4) is 0 Å². The molecule has 2 aromatic carbocycles. The van der Waals surface area contributed by atoms with Gasteiger partial charge in [-0.2, -0.15) is 22.0 Å². The van der Waals surface area contributed by atoms with Gasteiger partial charge in [0.15, 0.2) is 6.61 Å². The lowest BCUT2D eigenvalue weighted by molar-refractivity contribution is -0.292. The third-order valence-electron chi connectivity index (χ3n) is 5.98. The summed E-state index contributed by atoms with van der Waals surface area (Å²) in [6.07, 6.45) is -7.12. The van der Waals surface area contributed by atoms with Crippen LogP contribution >= 0.6 is 0 Å². The highest BCUT2D eigenvalue weighted by Gasteiger charge is 2.58. The van der Waals surface area contributed by atoms with E-state index in [0.29, 0.717) is 11.4 Å². The van der Waals surface area contributed by atoms with Crippen molar-refractivity contribution < 1.29 is 31.5 Å². The molecule has 0 aliphatic carbocycles. The van der Waals surface area contributed by atoms with Gasteiger partial charge in [0, 0.05) is 12.1 Å². The number of halogens is 5. The Bertz CT molecular complexity index is 1250. The van der Waals surface area contributed by atoms with Gasteiger partial charge in [-0.3, -0.25) is 9.36 Å². The Morgan fingerprint density at radius 1 is 1.00 bits per heavy atom. The normalized spacial score (nSPS) is 14.0. The van der Waals surface area contributed by atoms with E-state index >= 15 is 0 Å².